The minimum absolute atomic E-state index is 0. The Bertz CT molecular complexity index is 322. The first-order valence-corrected chi connectivity index (χ1v) is 7.20. The van der Waals surface area contributed by atoms with Crippen molar-refractivity contribution in [3.8, 4) is 0 Å². The summed E-state index contributed by atoms with van der Waals surface area (Å²) in [4.78, 5) is 14.7. The van der Waals surface area contributed by atoms with Crippen LogP contribution in [0, 0.1) is 10.8 Å². The lowest BCUT2D eigenvalue weighted by Crippen LogP contribution is -2.38. The van der Waals surface area contributed by atoms with E-state index in [-0.39, 0.29) is 17.8 Å². The molecule has 1 saturated carbocycles. The van der Waals surface area contributed by atoms with Gasteiger partial charge in [0.15, 0.2) is 0 Å². The van der Waals surface area contributed by atoms with Crippen molar-refractivity contribution in [2.75, 3.05) is 26.2 Å². The van der Waals surface area contributed by atoms with Crippen molar-refractivity contribution < 1.29 is 4.79 Å². The van der Waals surface area contributed by atoms with Crippen molar-refractivity contribution in [2.24, 2.45) is 10.8 Å². The van der Waals surface area contributed by atoms with Crippen LogP contribution in [-0.2, 0) is 4.79 Å². The molecule has 0 radical (unpaired) electrons. The zero-order chi connectivity index (χ0) is 11.9. The van der Waals surface area contributed by atoms with Gasteiger partial charge in [-0.15, -0.1) is 12.4 Å². The Morgan fingerprint density at radius 1 is 1.28 bits per heavy atom. The molecule has 0 aromatic heterocycles. The summed E-state index contributed by atoms with van der Waals surface area (Å²) in [5.41, 5.74) is 0.504. The lowest BCUT2D eigenvalue weighted by molar-refractivity contribution is -0.136. The standard InChI is InChI=1S/C14H24N2O.ClH/c1-2-3-14(4-5-14)12(17)16-9-7-13(11-16)6-8-15-10-13;/h15H,2-11H2,1H3;1H. The molecule has 0 aromatic rings. The fraction of sp³-hybridized carbons (Fsp3) is 0.929. The van der Waals surface area contributed by atoms with Crippen LogP contribution in [0.25, 0.3) is 0 Å². The summed E-state index contributed by atoms with van der Waals surface area (Å²) in [5.74, 6) is 0.475. The maximum atomic E-state index is 12.6. The van der Waals surface area contributed by atoms with Gasteiger partial charge in [-0.1, -0.05) is 13.3 Å². The van der Waals surface area contributed by atoms with E-state index < -0.39 is 0 Å². The summed E-state index contributed by atoms with van der Waals surface area (Å²) in [5, 5.41) is 3.46. The summed E-state index contributed by atoms with van der Waals surface area (Å²) >= 11 is 0. The zero-order valence-corrected chi connectivity index (χ0v) is 12.2. The van der Waals surface area contributed by atoms with E-state index in [9.17, 15) is 4.79 Å². The first kappa shape index (κ1) is 14.1. The van der Waals surface area contributed by atoms with Crippen LogP contribution in [0.2, 0.25) is 0 Å². The molecule has 18 heavy (non-hydrogen) atoms. The molecule has 1 spiro atoms. The van der Waals surface area contributed by atoms with Crippen molar-refractivity contribution in [3.63, 3.8) is 0 Å². The van der Waals surface area contributed by atoms with Crippen molar-refractivity contribution >= 4 is 18.3 Å². The first-order valence-electron chi connectivity index (χ1n) is 7.20. The Labute approximate surface area is 116 Å². The summed E-state index contributed by atoms with van der Waals surface area (Å²) < 4.78 is 0. The van der Waals surface area contributed by atoms with Crippen molar-refractivity contribution in [2.45, 2.75) is 45.4 Å². The molecule has 1 unspecified atom stereocenters. The molecular formula is C14H25ClN2O. The molecule has 0 bridgehead atoms. The highest BCUT2D eigenvalue weighted by Gasteiger charge is 2.53. The number of hydrogen-bond acceptors (Lipinski definition) is 2. The van der Waals surface area contributed by atoms with Gasteiger partial charge in [-0.25, -0.2) is 0 Å². The van der Waals surface area contributed by atoms with Crippen molar-refractivity contribution in [1.82, 2.24) is 10.2 Å². The van der Waals surface area contributed by atoms with Gasteiger partial charge in [-0.05, 0) is 38.6 Å². The van der Waals surface area contributed by atoms with Crippen LogP contribution >= 0.6 is 12.4 Å². The summed E-state index contributed by atoms with van der Waals surface area (Å²) in [7, 11) is 0. The number of hydrogen-bond donors (Lipinski definition) is 1. The highest BCUT2D eigenvalue weighted by Crippen LogP contribution is 2.52. The van der Waals surface area contributed by atoms with Gasteiger partial charge in [0.05, 0.1) is 0 Å². The molecule has 3 aliphatic rings. The lowest BCUT2D eigenvalue weighted by Gasteiger charge is -2.26. The summed E-state index contributed by atoms with van der Waals surface area (Å²) in [6, 6.07) is 0. The van der Waals surface area contributed by atoms with Gasteiger partial charge >= 0.3 is 0 Å². The number of carbonyl (C=O) groups excluding carboxylic acids is 1. The van der Waals surface area contributed by atoms with E-state index in [4.69, 9.17) is 0 Å². The second-order valence-corrected chi connectivity index (χ2v) is 6.43. The molecule has 1 amide bonds. The van der Waals surface area contributed by atoms with E-state index in [1.807, 2.05) is 0 Å². The van der Waals surface area contributed by atoms with E-state index in [1.54, 1.807) is 0 Å². The number of nitrogens with zero attached hydrogens (tertiary/aromatic N) is 1. The topological polar surface area (TPSA) is 32.3 Å². The Kier molecular flexibility index (Phi) is 3.93. The number of halogens is 1. The predicted molar refractivity (Wildman–Crippen MR) is 74.9 cm³/mol. The molecule has 1 N–H and O–H groups in total. The van der Waals surface area contributed by atoms with Crippen LogP contribution in [0.5, 0.6) is 0 Å². The molecular weight excluding hydrogens is 248 g/mol. The van der Waals surface area contributed by atoms with E-state index in [2.05, 4.69) is 17.1 Å². The van der Waals surface area contributed by atoms with Gasteiger partial charge in [0, 0.05) is 30.5 Å². The van der Waals surface area contributed by atoms with Gasteiger partial charge in [-0.3, -0.25) is 4.79 Å². The van der Waals surface area contributed by atoms with Crippen molar-refractivity contribution in [3.05, 3.63) is 0 Å². The molecule has 4 heteroatoms. The molecule has 3 rings (SSSR count). The third-order valence-corrected chi connectivity index (χ3v) is 5.09. The third-order valence-electron chi connectivity index (χ3n) is 5.09. The predicted octanol–water partition coefficient (Wildman–Crippen LogP) is 2.20. The molecule has 0 aromatic carbocycles. The van der Waals surface area contributed by atoms with E-state index in [0.717, 1.165) is 51.9 Å². The van der Waals surface area contributed by atoms with Gasteiger partial charge in [-0.2, -0.15) is 0 Å². The van der Waals surface area contributed by atoms with Crippen LogP contribution in [0.1, 0.15) is 45.4 Å². The molecule has 104 valence electrons. The highest BCUT2D eigenvalue weighted by molar-refractivity contribution is 5.86. The number of nitrogens with one attached hydrogen (secondary N) is 1. The molecule has 2 saturated heterocycles. The van der Waals surface area contributed by atoms with Crippen molar-refractivity contribution in [1.29, 1.82) is 0 Å². The third kappa shape index (κ3) is 2.27. The minimum Gasteiger partial charge on any atom is -0.342 e. The second kappa shape index (κ2) is 5.01. The Balaban J connectivity index is 0.00000120. The molecule has 1 aliphatic carbocycles. The van der Waals surface area contributed by atoms with Crippen LogP contribution in [-0.4, -0.2) is 37.0 Å². The second-order valence-electron chi connectivity index (χ2n) is 6.43. The summed E-state index contributed by atoms with van der Waals surface area (Å²) in [6.45, 7) is 6.48. The molecule has 3 fully saturated rings. The maximum Gasteiger partial charge on any atom is 0.228 e. The molecule has 3 nitrogen and oxygen atoms in total. The highest BCUT2D eigenvalue weighted by atomic mass is 35.5. The van der Waals surface area contributed by atoms with Crippen LogP contribution in [0.4, 0.5) is 0 Å². The Morgan fingerprint density at radius 2 is 2.06 bits per heavy atom. The first-order chi connectivity index (χ1) is 8.20. The number of rotatable bonds is 3. The molecule has 1 atom stereocenters. The minimum atomic E-state index is 0. The van der Waals surface area contributed by atoms with Gasteiger partial charge in [0.2, 0.25) is 5.91 Å². The average molecular weight is 273 g/mol. The van der Waals surface area contributed by atoms with Gasteiger partial charge in [0.1, 0.15) is 0 Å². The Morgan fingerprint density at radius 3 is 2.61 bits per heavy atom. The normalized spacial score (nSPS) is 32.6. The molecule has 2 aliphatic heterocycles. The fourth-order valence-corrected chi connectivity index (χ4v) is 3.79. The summed E-state index contributed by atoms with van der Waals surface area (Å²) in [6.07, 6.45) is 7.01. The number of likely N-dealkylation sites (tertiary alicyclic amines) is 1. The maximum absolute atomic E-state index is 12.6. The van der Waals surface area contributed by atoms with Crippen LogP contribution in [0.15, 0.2) is 0 Å². The lowest BCUT2D eigenvalue weighted by atomic mass is 9.86. The number of amides is 1. The quantitative estimate of drug-likeness (QED) is 0.854. The van der Waals surface area contributed by atoms with Crippen LogP contribution in [0.3, 0.4) is 0 Å². The van der Waals surface area contributed by atoms with Crippen LogP contribution < -0.4 is 5.32 Å². The SMILES string of the molecule is CCCC1(C(=O)N2CCC3(CCNC3)C2)CC1.Cl. The fourth-order valence-electron chi connectivity index (χ4n) is 3.79. The smallest absolute Gasteiger partial charge is 0.228 e. The average Bonchev–Trinajstić information content (AvgIpc) is 2.81. The van der Waals surface area contributed by atoms with E-state index in [1.165, 1.54) is 12.8 Å². The largest absolute Gasteiger partial charge is 0.342 e. The Hall–Kier alpha value is -0.280. The number of carbonyl (C=O) groups is 1. The monoisotopic (exact) mass is 272 g/mol. The van der Waals surface area contributed by atoms with E-state index >= 15 is 0 Å². The van der Waals surface area contributed by atoms with E-state index in [0.29, 0.717) is 11.3 Å². The van der Waals surface area contributed by atoms with Gasteiger partial charge in [0.25, 0.3) is 0 Å². The van der Waals surface area contributed by atoms with Gasteiger partial charge < -0.3 is 10.2 Å². The molecule has 2 heterocycles. The zero-order valence-electron chi connectivity index (χ0n) is 11.3.